The van der Waals surface area contributed by atoms with E-state index in [4.69, 9.17) is 0 Å². The van der Waals surface area contributed by atoms with Crippen LogP contribution in [0.5, 0.6) is 0 Å². The largest absolute Gasteiger partial charge is 0.382 e. The molecule has 3 rings (SSSR count). The molecule has 0 radical (unpaired) electrons. The molecule has 1 fully saturated rings. The third kappa shape index (κ3) is 3.03. The fraction of sp³-hybridized carbons (Fsp3) is 0.500. The zero-order valence-corrected chi connectivity index (χ0v) is 11.5. The van der Waals surface area contributed by atoms with Crippen LogP contribution >= 0.6 is 0 Å². The van der Waals surface area contributed by atoms with Gasteiger partial charge in [-0.2, -0.15) is 0 Å². The van der Waals surface area contributed by atoms with Crippen molar-refractivity contribution in [2.75, 3.05) is 5.32 Å². The van der Waals surface area contributed by atoms with Crippen molar-refractivity contribution in [1.82, 2.24) is 9.97 Å². The number of benzene rings is 1. The number of rotatable bonds is 2. The van der Waals surface area contributed by atoms with Crippen molar-refractivity contribution in [3.8, 4) is 0 Å². The van der Waals surface area contributed by atoms with Crippen molar-refractivity contribution in [3.63, 3.8) is 0 Å². The molecular formula is C16H21N3. The maximum atomic E-state index is 4.36. The lowest BCUT2D eigenvalue weighted by Gasteiger charge is -2.18. The standard InChI is InChI=1S/C16H21N3/c1-12-3-2-4-13(6-5-12)19-14-7-8-15-16(11-14)18-10-9-17-15/h7-13,19H,2-6H2,1H3. The fourth-order valence-corrected chi connectivity index (χ4v) is 2.92. The van der Waals surface area contributed by atoms with E-state index in [0.717, 1.165) is 17.0 Å². The van der Waals surface area contributed by atoms with E-state index >= 15 is 0 Å². The number of fused-ring (bicyclic) bond motifs is 1. The van der Waals surface area contributed by atoms with Gasteiger partial charge < -0.3 is 5.32 Å². The molecule has 1 aromatic heterocycles. The van der Waals surface area contributed by atoms with Gasteiger partial charge in [-0.25, -0.2) is 0 Å². The third-order valence-corrected chi connectivity index (χ3v) is 4.10. The van der Waals surface area contributed by atoms with Crippen molar-refractivity contribution in [2.45, 2.75) is 45.1 Å². The first kappa shape index (κ1) is 12.4. The maximum absolute atomic E-state index is 4.36. The molecule has 1 heterocycles. The number of anilines is 1. The van der Waals surface area contributed by atoms with E-state index < -0.39 is 0 Å². The van der Waals surface area contributed by atoms with Crippen molar-refractivity contribution in [3.05, 3.63) is 30.6 Å². The molecule has 19 heavy (non-hydrogen) atoms. The van der Waals surface area contributed by atoms with Crippen LogP contribution in [0.25, 0.3) is 11.0 Å². The molecule has 2 aromatic rings. The van der Waals surface area contributed by atoms with E-state index in [0.29, 0.717) is 6.04 Å². The summed E-state index contributed by atoms with van der Waals surface area (Å²) in [6, 6.07) is 6.88. The monoisotopic (exact) mass is 255 g/mol. The summed E-state index contributed by atoms with van der Waals surface area (Å²) in [5.41, 5.74) is 3.10. The van der Waals surface area contributed by atoms with Crippen molar-refractivity contribution >= 4 is 16.7 Å². The summed E-state index contributed by atoms with van der Waals surface area (Å²) >= 11 is 0. The molecule has 3 nitrogen and oxygen atoms in total. The van der Waals surface area contributed by atoms with Crippen molar-refractivity contribution in [1.29, 1.82) is 0 Å². The highest BCUT2D eigenvalue weighted by Gasteiger charge is 2.15. The molecule has 0 saturated heterocycles. The Labute approximate surface area is 114 Å². The van der Waals surface area contributed by atoms with Gasteiger partial charge in [-0.1, -0.05) is 19.8 Å². The van der Waals surface area contributed by atoms with Crippen LogP contribution in [0.4, 0.5) is 5.69 Å². The first-order valence-electron chi connectivity index (χ1n) is 7.28. The second-order valence-electron chi connectivity index (χ2n) is 5.71. The molecular weight excluding hydrogens is 234 g/mol. The summed E-state index contributed by atoms with van der Waals surface area (Å²) in [6.07, 6.45) is 10.1. The molecule has 1 aromatic carbocycles. The molecule has 1 saturated carbocycles. The van der Waals surface area contributed by atoms with Crippen LogP contribution in [-0.2, 0) is 0 Å². The smallest absolute Gasteiger partial charge is 0.0907 e. The summed E-state index contributed by atoms with van der Waals surface area (Å²) in [5.74, 6) is 0.884. The van der Waals surface area contributed by atoms with Crippen LogP contribution in [0.1, 0.15) is 39.0 Å². The highest BCUT2D eigenvalue weighted by Crippen LogP contribution is 2.25. The first-order valence-corrected chi connectivity index (χ1v) is 7.28. The minimum atomic E-state index is 0.610. The predicted molar refractivity (Wildman–Crippen MR) is 79.2 cm³/mol. The molecule has 1 aliphatic rings. The first-order chi connectivity index (χ1) is 9.31. The Balaban J connectivity index is 1.73. The minimum absolute atomic E-state index is 0.610. The molecule has 1 N–H and O–H groups in total. The van der Waals surface area contributed by atoms with Crippen LogP contribution < -0.4 is 5.32 Å². The lowest BCUT2D eigenvalue weighted by atomic mass is 10.0. The Bertz CT molecular complexity index is 552. The average Bonchev–Trinajstić information content (AvgIpc) is 2.64. The van der Waals surface area contributed by atoms with Gasteiger partial charge in [0.1, 0.15) is 0 Å². The highest BCUT2D eigenvalue weighted by atomic mass is 14.9. The van der Waals surface area contributed by atoms with Gasteiger partial charge in [0.25, 0.3) is 0 Å². The van der Waals surface area contributed by atoms with Crippen molar-refractivity contribution < 1.29 is 0 Å². The Morgan fingerprint density at radius 2 is 1.84 bits per heavy atom. The number of nitrogens with one attached hydrogen (secondary N) is 1. The van der Waals surface area contributed by atoms with E-state index in [1.807, 2.05) is 6.07 Å². The minimum Gasteiger partial charge on any atom is -0.382 e. The number of nitrogens with zero attached hydrogens (tertiary/aromatic N) is 2. The quantitative estimate of drug-likeness (QED) is 0.824. The zero-order chi connectivity index (χ0) is 13.1. The van der Waals surface area contributed by atoms with Gasteiger partial charge in [-0.3, -0.25) is 9.97 Å². The van der Waals surface area contributed by atoms with E-state index in [1.54, 1.807) is 12.4 Å². The molecule has 1 aliphatic carbocycles. The molecule has 3 heteroatoms. The third-order valence-electron chi connectivity index (χ3n) is 4.10. The molecule has 2 unspecified atom stereocenters. The Kier molecular flexibility index (Phi) is 3.62. The predicted octanol–water partition coefficient (Wildman–Crippen LogP) is 4.01. The molecule has 0 spiro atoms. The number of hydrogen-bond donors (Lipinski definition) is 1. The lowest BCUT2D eigenvalue weighted by molar-refractivity contribution is 0.502. The molecule has 0 bridgehead atoms. The molecule has 0 aliphatic heterocycles. The molecule has 2 atom stereocenters. The maximum Gasteiger partial charge on any atom is 0.0907 e. The Morgan fingerprint density at radius 3 is 2.74 bits per heavy atom. The Morgan fingerprint density at radius 1 is 1.00 bits per heavy atom. The van der Waals surface area contributed by atoms with Crippen LogP contribution in [0, 0.1) is 5.92 Å². The SMILES string of the molecule is CC1CCCC(Nc2ccc3nccnc3c2)CC1. The van der Waals surface area contributed by atoms with Crippen LogP contribution in [0.2, 0.25) is 0 Å². The van der Waals surface area contributed by atoms with Gasteiger partial charge in [0.15, 0.2) is 0 Å². The van der Waals surface area contributed by atoms with Crippen molar-refractivity contribution in [2.24, 2.45) is 5.92 Å². The van der Waals surface area contributed by atoms with Gasteiger partial charge in [0, 0.05) is 24.1 Å². The van der Waals surface area contributed by atoms with Crippen LogP contribution in [0.3, 0.4) is 0 Å². The van der Waals surface area contributed by atoms with E-state index in [-0.39, 0.29) is 0 Å². The number of hydrogen-bond acceptors (Lipinski definition) is 3. The fourth-order valence-electron chi connectivity index (χ4n) is 2.92. The lowest BCUT2D eigenvalue weighted by Crippen LogP contribution is -2.18. The van der Waals surface area contributed by atoms with E-state index in [2.05, 4.69) is 34.3 Å². The topological polar surface area (TPSA) is 37.8 Å². The normalized spacial score (nSPS) is 24.1. The van der Waals surface area contributed by atoms with Gasteiger partial charge in [-0.05, 0) is 43.4 Å². The van der Waals surface area contributed by atoms with Gasteiger partial charge in [0.05, 0.1) is 11.0 Å². The summed E-state index contributed by atoms with van der Waals surface area (Å²) < 4.78 is 0. The Hall–Kier alpha value is -1.64. The highest BCUT2D eigenvalue weighted by molar-refractivity contribution is 5.78. The second kappa shape index (κ2) is 5.55. The summed E-state index contributed by atoms with van der Waals surface area (Å²) in [6.45, 7) is 2.37. The molecule has 100 valence electrons. The van der Waals surface area contributed by atoms with Gasteiger partial charge >= 0.3 is 0 Å². The van der Waals surface area contributed by atoms with Gasteiger partial charge in [-0.15, -0.1) is 0 Å². The second-order valence-corrected chi connectivity index (χ2v) is 5.71. The summed E-state index contributed by atoms with van der Waals surface area (Å²) in [4.78, 5) is 8.67. The van der Waals surface area contributed by atoms with Crippen LogP contribution in [-0.4, -0.2) is 16.0 Å². The average molecular weight is 255 g/mol. The summed E-state index contributed by atoms with van der Waals surface area (Å²) in [7, 11) is 0. The zero-order valence-electron chi connectivity index (χ0n) is 11.5. The van der Waals surface area contributed by atoms with E-state index in [1.165, 1.54) is 37.8 Å². The van der Waals surface area contributed by atoms with E-state index in [9.17, 15) is 0 Å². The molecule has 0 amide bonds. The van der Waals surface area contributed by atoms with Crippen LogP contribution in [0.15, 0.2) is 30.6 Å². The summed E-state index contributed by atoms with van der Waals surface area (Å²) in [5, 5.41) is 3.67. The number of aromatic nitrogens is 2. The van der Waals surface area contributed by atoms with Gasteiger partial charge in [0.2, 0.25) is 0 Å².